The van der Waals surface area contributed by atoms with Gasteiger partial charge in [0, 0.05) is 20.0 Å². The quantitative estimate of drug-likeness (QED) is 0.275. The number of carbonyl (C=O) groups is 1. The fraction of sp³-hybridized carbons (Fsp3) is 0.185. The van der Waals surface area contributed by atoms with Gasteiger partial charge in [0.05, 0.1) is 16.4 Å². The van der Waals surface area contributed by atoms with Crippen molar-refractivity contribution in [1.82, 2.24) is 24.9 Å². The van der Waals surface area contributed by atoms with Crippen molar-refractivity contribution in [3.05, 3.63) is 102 Å². The van der Waals surface area contributed by atoms with E-state index in [0.717, 1.165) is 22.5 Å². The Hall–Kier alpha value is -4.13. The Labute approximate surface area is 229 Å². The molecule has 39 heavy (non-hydrogen) atoms. The fourth-order valence-electron chi connectivity index (χ4n) is 4.11. The van der Waals surface area contributed by atoms with Crippen LogP contribution in [0.25, 0.3) is 10.2 Å². The van der Waals surface area contributed by atoms with Crippen LogP contribution in [0.5, 0.6) is 5.75 Å². The summed E-state index contributed by atoms with van der Waals surface area (Å²) in [5.41, 5.74) is 3.10. The number of nitrogens with zero attached hydrogens (tertiary/aromatic N) is 5. The van der Waals surface area contributed by atoms with Crippen molar-refractivity contribution in [2.45, 2.75) is 30.0 Å². The lowest BCUT2D eigenvalue weighted by Crippen LogP contribution is -2.35. The first kappa shape index (κ1) is 26.5. The first-order valence-corrected chi connectivity index (χ1v) is 14.4. The number of rotatable bonds is 10. The Morgan fingerprint density at radius 3 is 2.44 bits per heavy atom. The number of primary sulfonamides is 1. The molecular formula is C27H26N6O4S2. The van der Waals surface area contributed by atoms with Crippen LogP contribution in [0.3, 0.4) is 0 Å². The summed E-state index contributed by atoms with van der Waals surface area (Å²) in [6.45, 7) is 0.585. The SMILES string of the molecule is CN(Cc1ccccc1)C(=O)[C@H](Cc1ccccc1)n1cc(COc2ccc3nc(S(N)(=O)=O)sc3c2)nn1. The second-order valence-corrected chi connectivity index (χ2v) is 11.8. The van der Waals surface area contributed by atoms with E-state index in [2.05, 4.69) is 15.3 Å². The van der Waals surface area contributed by atoms with Crippen molar-refractivity contribution in [3.8, 4) is 5.75 Å². The third-order valence-corrected chi connectivity index (χ3v) is 8.38. The molecule has 0 saturated heterocycles. The number of sulfonamides is 1. The number of thiazole rings is 1. The van der Waals surface area contributed by atoms with Gasteiger partial charge in [-0.25, -0.2) is 23.2 Å². The average molecular weight is 563 g/mol. The van der Waals surface area contributed by atoms with Crippen molar-refractivity contribution < 1.29 is 17.9 Å². The Kier molecular flexibility index (Phi) is 7.68. The van der Waals surface area contributed by atoms with E-state index >= 15 is 0 Å². The predicted molar refractivity (Wildman–Crippen MR) is 147 cm³/mol. The molecule has 200 valence electrons. The van der Waals surface area contributed by atoms with Gasteiger partial charge in [-0.1, -0.05) is 65.9 Å². The van der Waals surface area contributed by atoms with Crippen LogP contribution in [0.4, 0.5) is 0 Å². The van der Waals surface area contributed by atoms with Crippen LogP contribution in [0.15, 0.2) is 89.4 Å². The topological polar surface area (TPSA) is 133 Å². The number of amides is 1. The number of likely N-dealkylation sites (N-methyl/N-ethyl adjacent to an activating group) is 1. The molecule has 0 spiro atoms. The van der Waals surface area contributed by atoms with Crippen molar-refractivity contribution in [2.24, 2.45) is 5.14 Å². The Balaban J connectivity index is 1.32. The van der Waals surface area contributed by atoms with Gasteiger partial charge in [0.2, 0.25) is 10.2 Å². The van der Waals surface area contributed by atoms with Gasteiger partial charge in [0.25, 0.3) is 10.0 Å². The van der Waals surface area contributed by atoms with E-state index in [0.29, 0.717) is 34.6 Å². The lowest BCUT2D eigenvalue weighted by atomic mass is 10.0. The van der Waals surface area contributed by atoms with Crippen molar-refractivity contribution in [2.75, 3.05) is 7.05 Å². The van der Waals surface area contributed by atoms with Gasteiger partial charge >= 0.3 is 0 Å². The average Bonchev–Trinajstić information content (AvgIpc) is 3.58. The van der Waals surface area contributed by atoms with Gasteiger partial charge in [0.15, 0.2) is 0 Å². The Bertz CT molecular complexity index is 1690. The van der Waals surface area contributed by atoms with E-state index in [9.17, 15) is 13.2 Å². The van der Waals surface area contributed by atoms with Crippen LogP contribution < -0.4 is 9.88 Å². The van der Waals surface area contributed by atoms with Crippen LogP contribution in [-0.4, -0.2) is 46.3 Å². The van der Waals surface area contributed by atoms with E-state index in [-0.39, 0.29) is 16.9 Å². The van der Waals surface area contributed by atoms with Gasteiger partial charge in [-0.05, 0) is 29.3 Å². The largest absolute Gasteiger partial charge is 0.487 e. The smallest absolute Gasteiger partial charge is 0.265 e. The highest BCUT2D eigenvalue weighted by Crippen LogP contribution is 2.28. The van der Waals surface area contributed by atoms with Crippen molar-refractivity contribution in [1.29, 1.82) is 0 Å². The van der Waals surface area contributed by atoms with E-state index in [1.54, 1.807) is 41.0 Å². The molecular weight excluding hydrogens is 536 g/mol. The number of fused-ring (bicyclic) bond motifs is 1. The highest BCUT2D eigenvalue weighted by atomic mass is 32.2. The van der Waals surface area contributed by atoms with E-state index in [1.807, 2.05) is 60.7 Å². The summed E-state index contributed by atoms with van der Waals surface area (Å²) < 4.78 is 31.2. The minimum absolute atomic E-state index is 0.0821. The molecule has 1 atom stereocenters. The molecule has 0 saturated carbocycles. The maximum atomic E-state index is 13.6. The first-order chi connectivity index (χ1) is 18.8. The molecule has 2 N–H and O–H groups in total. The zero-order valence-corrected chi connectivity index (χ0v) is 22.7. The minimum atomic E-state index is -3.88. The fourth-order valence-corrected chi connectivity index (χ4v) is 5.79. The van der Waals surface area contributed by atoms with E-state index in [1.165, 1.54) is 0 Å². The summed E-state index contributed by atoms with van der Waals surface area (Å²) in [4.78, 5) is 19.3. The second kappa shape index (κ2) is 11.3. The van der Waals surface area contributed by atoms with Gasteiger partial charge in [-0.2, -0.15) is 0 Å². The van der Waals surface area contributed by atoms with Crippen LogP contribution in [0.1, 0.15) is 22.9 Å². The molecule has 5 rings (SSSR count). The number of hydrogen-bond donors (Lipinski definition) is 1. The van der Waals surface area contributed by atoms with Crippen LogP contribution in [-0.2, 0) is 34.4 Å². The van der Waals surface area contributed by atoms with Gasteiger partial charge in [-0.15, -0.1) is 16.4 Å². The Morgan fingerprint density at radius 2 is 1.74 bits per heavy atom. The molecule has 2 aromatic heterocycles. The molecule has 0 aliphatic carbocycles. The lowest BCUT2D eigenvalue weighted by Gasteiger charge is -2.24. The number of ether oxygens (including phenoxy) is 1. The summed E-state index contributed by atoms with van der Waals surface area (Å²) >= 11 is 0.977. The van der Waals surface area contributed by atoms with Gasteiger partial charge in [0.1, 0.15) is 24.1 Å². The number of nitrogens with two attached hydrogens (primary N) is 1. The third-order valence-electron chi connectivity index (χ3n) is 6.04. The monoisotopic (exact) mass is 562 g/mol. The predicted octanol–water partition coefficient (Wildman–Crippen LogP) is 3.56. The number of carbonyl (C=O) groups excluding carboxylic acids is 1. The first-order valence-electron chi connectivity index (χ1n) is 12.1. The second-order valence-electron chi connectivity index (χ2n) is 9.02. The Morgan fingerprint density at radius 1 is 1.05 bits per heavy atom. The zero-order valence-electron chi connectivity index (χ0n) is 21.0. The van der Waals surface area contributed by atoms with Crippen molar-refractivity contribution >= 4 is 37.5 Å². The molecule has 10 nitrogen and oxygen atoms in total. The lowest BCUT2D eigenvalue weighted by molar-refractivity contribution is -0.134. The molecule has 0 aliphatic heterocycles. The molecule has 0 radical (unpaired) electrons. The standard InChI is InChI=1S/C27H26N6O4S2/c1-32(16-20-10-6-3-7-11-20)26(34)24(14-19-8-4-2-5-9-19)33-17-21(30-31-33)18-37-22-12-13-23-25(15-22)38-27(29-23)39(28,35)36/h2-13,15,17,24H,14,16,18H2,1H3,(H2,28,35,36)/t24-/m0/s1. The molecule has 5 aromatic rings. The van der Waals surface area contributed by atoms with E-state index in [4.69, 9.17) is 9.88 Å². The van der Waals surface area contributed by atoms with Crippen LogP contribution in [0.2, 0.25) is 0 Å². The summed E-state index contributed by atoms with van der Waals surface area (Å²) in [6.07, 6.45) is 2.17. The molecule has 0 aliphatic rings. The minimum Gasteiger partial charge on any atom is -0.487 e. The van der Waals surface area contributed by atoms with Gasteiger partial charge in [-0.3, -0.25) is 4.79 Å². The molecule has 0 bridgehead atoms. The molecule has 12 heteroatoms. The summed E-state index contributed by atoms with van der Waals surface area (Å²) in [6, 6.07) is 24.1. The molecule has 2 heterocycles. The van der Waals surface area contributed by atoms with Crippen LogP contribution in [0, 0.1) is 0 Å². The summed E-state index contributed by atoms with van der Waals surface area (Å²) in [5, 5.41) is 13.7. The summed E-state index contributed by atoms with van der Waals surface area (Å²) in [7, 11) is -2.09. The number of hydrogen-bond acceptors (Lipinski definition) is 8. The highest BCUT2D eigenvalue weighted by Gasteiger charge is 2.26. The molecule has 1 amide bonds. The number of benzene rings is 3. The molecule has 3 aromatic carbocycles. The summed E-state index contributed by atoms with van der Waals surface area (Å²) in [5.74, 6) is 0.433. The van der Waals surface area contributed by atoms with Gasteiger partial charge < -0.3 is 9.64 Å². The zero-order chi connectivity index (χ0) is 27.4. The highest BCUT2D eigenvalue weighted by molar-refractivity contribution is 7.91. The number of aromatic nitrogens is 4. The third kappa shape index (κ3) is 6.48. The normalized spacial score (nSPS) is 12.4. The maximum absolute atomic E-state index is 13.6. The molecule has 0 unspecified atom stereocenters. The van der Waals surface area contributed by atoms with Crippen LogP contribution >= 0.6 is 11.3 Å². The van der Waals surface area contributed by atoms with E-state index < -0.39 is 16.1 Å². The molecule has 0 fully saturated rings. The maximum Gasteiger partial charge on any atom is 0.265 e. The van der Waals surface area contributed by atoms with Crippen molar-refractivity contribution in [3.63, 3.8) is 0 Å².